The van der Waals surface area contributed by atoms with E-state index in [1.807, 2.05) is 13.8 Å². The summed E-state index contributed by atoms with van der Waals surface area (Å²) in [7, 11) is 4.91. The Hall–Kier alpha value is -0.650. The molecule has 0 unspecified atom stereocenters. The monoisotopic (exact) mass is 191 g/mol. The van der Waals surface area contributed by atoms with Gasteiger partial charge in [-0.05, 0) is 13.8 Å². The molecular weight excluding hydrogens is 172 g/mol. The van der Waals surface area contributed by atoms with Crippen molar-refractivity contribution in [3.63, 3.8) is 0 Å². The quantitative estimate of drug-likeness (QED) is 0.492. The highest BCUT2D eigenvalue weighted by molar-refractivity contribution is 5.64. The Morgan fingerprint density at radius 3 is 2.23 bits per heavy atom. The van der Waals surface area contributed by atoms with E-state index in [9.17, 15) is 4.79 Å². The largest absolute Gasteiger partial charge is 0.474 e. The number of amides is 2. The van der Waals surface area contributed by atoms with Crippen LogP contribution in [0.1, 0.15) is 13.8 Å². The Bertz CT molecular complexity index is 171. The first-order valence-electron chi connectivity index (χ1n) is 4.35. The van der Waals surface area contributed by atoms with Crippen LogP contribution in [0.4, 0.5) is 4.79 Å². The first-order valence-corrected chi connectivity index (χ1v) is 4.35. The van der Waals surface area contributed by atoms with E-state index in [0.29, 0.717) is 13.2 Å². The van der Waals surface area contributed by atoms with Gasteiger partial charge in [0.25, 0.3) is 0 Å². The zero-order valence-electron chi connectivity index (χ0n) is 9.03. The molecule has 0 aromatic rings. The normalized spacial score (nSPS) is 11.5. The van der Waals surface area contributed by atoms with Gasteiger partial charge in [0.15, 0.2) is 0 Å². The number of nitrogens with zero attached hydrogens (tertiary/aromatic N) is 2. The smallest absolute Gasteiger partial charge is 0.267 e. The summed E-state index contributed by atoms with van der Waals surface area (Å²) in [6, 6.07) is -0.233. The average molecular weight is 191 g/mol. The maximum absolute atomic E-state index is 11.6. The minimum Gasteiger partial charge on any atom is -0.267 e. The molecule has 2 amide bonds. The molecule has 0 N–H and O–H groups in total. The van der Waals surface area contributed by atoms with Crippen molar-refractivity contribution < 1.29 is 19.1 Å². The summed E-state index contributed by atoms with van der Waals surface area (Å²) in [5.41, 5.74) is 0. The van der Waals surface area contributed by atoms with E-state index in [2.05, 4.69) is 0 Å². The number of rotatable bonds is 4. The topological polar surface area (TPSA) is 38.8 Å². The number of quaternary nitrogens is 1. The molecule has 78 valence electrons. The average Bonchev–Trinajstić information content (AvgIpc) is 2.03. The fraction of sp³-hybridized carbons (Fsp3) is 0.875. The van der Waals surface area contributed by atoms with Gasteiger partial charge in [-0.3, -0.25) is 4.84 Å². The fourth-order valence-electron chi connectivity index (χ4n) is 0.966. The molecule has 0 aromatic heterocycles. The highest BCUT2D eigenvalue weighted by Crippen LogP contribution is 2.05. The van der Waals surface area contributed by atoms with Crippen LogP contribution in [0.3, 0.4) is 0 Å². The van der Waals surface area contributed by atoms with E-state index in [4.69, 9.17) is 9.68 Å². The van der Waals surface area contributed by atoms with E-state index in [1.165, 1.54) is 5.06 Å². The number of hydrogen-bond acceptors (Lipinski definition) is 3. The van der Waals surface area contributed by atoms with Crippen LogP contribution in [0.15, 0.2) is 0 Å². The molecule has 0 rings (SSSR count). The van der Waals surface area contributed by atoms with Crippen molar-refractivity contribution in [3.05, 3.63) is 0 Å². The standard InChI is InChI=1S/C8H19N2O3/c1-6-12-9(3)8(11)10(4,5)13-7-2/h6-7H2,1-5H3/q+1. The predicted molar refractivity (Wildman–Crippen MR) is 48.5 cm³/mol. The third-order valence-corrected chi connectivity index (χ3v) is 1.50. The Balaban J connectivity index is 4.21. The summed E-state index contributed by atoms with van der Waals surface area (Å²) in [5, 5.41) is 1.19. The second-order valence-corrected chi connectivity index (χ2v) is 2.97. The van der Waals surface area contributed by atoms with Gasteiger partial charge in [0, 0.05) is 7.05 Å². The molecule has 0 spiro atoms. The van der Waals surface area contributed by atoms with Crippen LogP contribution in [0.2, 0.25) is 0 Å². The van der Waals surface area contributed by atoms with Crippen molar-refractivity contribution >= 4 is 6.03 Å². The highest BCUT2D eigenvalue weighted by atomic mass is 16.7. The van der Waals surface area contributed by atoms with E-state index in [-0.39, 0.29) is 10.7 Å². The second-order valence-electron chi connectivity index (χ2n) is 2.97. The summed E-state index contributed by atoms with van der Waals surface area (Å²) in [6.45, 7) is 4.62. The molecule has 5 heteroatoms. The van der Waals surface area contributed by atoms with Crippen LogP contribution >= 0.6 is 0 Å². The van der Waals surface area contributed by atoms with Crippen LogP contribution in [-0.2, 0) is 9.68 Å². The predicted octanol–water partition coefficient (Wildman–Crippen LogP) is 1.02. The Morgan fingerprint density at radius 1 is 1.31 bits per heavy atom. The van der Waals surface area contributed by atoms with Gasteiger partial charge in [0.05, 0.1) is 6.61 Å². The van der Waals surface area contributed by atoms with Gasteiger partial charge in [-0.1, -0.05) is 0 Å². The Morgan fingerprint density at radius 2 is 1.85 bits per heavy atom. The molecule has 0 atom stereocenters. The summed E-state index contributed by atoms with van der Waals surface area (Å²) >= 11 is 0. The zero-order chi connectivity index (χ0) is 10.5. The lowest BCUT2D eigenvalue weighted by atomic mass is 10.7. The van der Waals surface area contributed by atoms with Crippen LogP contribution in [-0.4, -0.2) is 50.1 Å². The third kappa shape index (κ3) is 3.71. The van der Waals surface area contributed by atoms with Crippen molar-refractivity contribution in [2.45, 2.75) is 13.8 Å². The van der Waals surface area contributed by atoms with Crippen molar-refractivity contribution in [2.75, 3.05) is 34.4 Å². The van der Waals surface area contributed by atoms with Crippen LogP contribution in [0.25, 0.3) is 0 Å². The lowest BCUT2D eigenvalue weighted by Crippen LogP contribution is -2.51. The molecular formula is C8H19N2O3+. The van der Waals surface area contributed by atoms with Crippen LogP contribution in [0, 0.1) is 0 Å². The van der Waals surface area contributed by atoms with Gasteiger partial charge in [-0.25, -0.2) is 4.79 Å². The lowest BCUT2D eigenvalue weighted by Gasteiger charge is -2.26. The second kappa shape index (κ2) is 5.16. The third-order valence-electron chi connectivity index (χ3n) is 1.50. The van der Waals surface area contributed by atoms with Gasteiger partial charge in [0.1, 0.15) is 20.7 Å². The molecule has 0 saturated heterocycles. The lowest BCUT2D eigenvalue weighted by molar-refractivity contribution is -1.01. The minimum absolute atomic E-state index is 0.160. The maximum Gasteiger partial charge on any atom is 0.474 e. The van der Waals surface area contributed by atoms with Gasteiger partial charge >= 0.3 is 6.03 Å². The number of hydroxylamine groups is 5. The minimum atomic E-state index is -0.233. The molecule has 0 saturated carbocycles. The Labute approximate surface area is 79.3 Å². The molecule has 0 aliphatic heterocycles. The van der Waals surface area contributed by atoms with Gasteiger partial charge < -0.3 is 0 Å². The summed E-state index contributed by atoms with van der Waals surface area (Å²) in [4.78, 5) is 21.8. The first kappa shape index (κ1) is 12.3. The van der Waals surface area contributed by atoms with Gasteiger partial charge in [0.2, 0.25) is 0 Å². The van der Waals surface area contributed by atoms with Crippen LogP contribution in [0.5, 0.6) is 0 Å². The number of carbonyl (C=O) groups is 1. The summed E-state index contributed by atoms with van der Waals surface area (Å²) in [6.07, 6.45) is 0. The number of hydrogen-bond donors (Lipinski definition) is 0. The Kier molecular flexibility index (Phi) is 4.90. The molecule has 0 heterocycles. The molecule has 0 radical (unpaired) electrons. The number of urea groups is 1. The highest BCUT2D eigenvalue weighted by Gasteiger charge is 2.32. The van der Waals surface area contributed by atoms with E-state index < -0.39 is 0 Å². The van der Waals surface area contributed by atoms with Crippen LogP contribution < -0.4 is 0 Å². The molecule has 0 aliphatic rings. The van der Waals surface area contributed by atoms with Gasteiger partial charge in [-0.2, -0.15) is 9.90 Å². The fourth-order valence-corrected chi connectivity index (χ4v) is 0.966. The van der Waals surface area contributed by atoms with Gasteiger partial charge in [-0.15, -0.1) is 4.65 Å². The SMILES string of the molecule is CCON(C)C(=O)[N+](C)(C)OCC. The molecule has 0 aliphatic carbocycles. The molecule has 0 aromatic carbocycles. The first-order chi connectivity index (χ1) is 5.95. The van der Waals surface area contributed by atoms with Crippen molar-refractivity contribution in [3.8, 4) is 0 Å². The summed E-state index contributed by atoms with van der Waals surface area (Å²) < 4.78 is -0.160. The zero-order valence-corrected chi connectivity index (χ0v) is 9.03. The molecule has 0 fully saturated rings. The van der Waals surface area contributed by atoms with Crippen molar-refractivity contribution in [1.29, 1.82) is 0 Å². The molecule has 13 heavy (non-hydrogen) atoms. The number of carbonyl (C=O) groups excluding carboxylic acids is 1. The summed E-state index contributed by atoms with van der Waals surface area (Å²) in [5.74, 6) is 0. The van der Waals surface area contributed by atoms with E-state index in [0.717, 1.165) is 0 Å². The van der Waals surface area contributed by atoms with Crippen molar-refractivity contribution in [2.24, 2.45) is 0 Å². The maximum atomic E-state index is 11.6. The molecule has 5 nitrogen and oxygen atoms in total. The molecule has 0 bridgehead atoms. The van der Waals surface area contributed by atoms with E-state index >= 15 is 0 Å². The van der Waals surface area contributed by atoms with Crippen molar-refractivity contribution in [1.82, 2.24) is 5.06 Å². The van der Waals surface area contributed by atoms with E-state index in [1.54, 1.807) is 21.1 Å².